The smallest absolute Gasteiger partial charge is 0.368 e. The Hall–Kier alpha value is -1.43. The monoisotopic (exact) mass is 309 g/mol. The first-order valence-electron chi connectivity index (χ1n) is 7.55. The summed E-state index contributed by atoms with van der Waals surface area (Å²) < 4.78 is 15.7. The standard InChI is InChI=1S/C17H27NO4/c1-6-10-15(17(21-4,22-5)16(19)20-3)18-13(2)14-11-8-7-9-12-14/h7-9,11-13,15,18H,6,10H2,1-5H3/t13-,15?/m0/s1. The van der Waals surface area contributed by atoms with Gasteiger partial charge in [-0.05, 0) is 18.9 Å². The van der Waals surface area contributed by atoms with Crippen LogP contribution in [-0.2, 0) is 19.0 Å². The van der Waals surface area contributed by atoms with E-state index in [2.05, 4.69) is 12.2 Å². The molecule has 2 atom stereocenters. The highest BCUT2D eigenvalue weighted by molar-refractivity contribution is 5.78. The Morgan fingerprint density at radius 1 is 1.18 bits per heavy atom. The van der Waals surface area contributed by atoms with E-state index in [0.717, 1.165) is 12.0 Å². The van der Waals surface area contributed by atoms with Crippen LogP contribution in [0.1, 0.15) is 38.3 Å². The Morgan fingerprint density at radius 3 is 2.23 bits per heavy atom. The Morgan fingerprint density at radius 2 is 1.77 bits per heavy atom. The highest BCUT2D eigenvalue weighted by atomic mass is 16.7. The molecule has 22 heavy (non-hydrogen) atoms. The van der Waals surface area contributed by atoms with E-state index in [1.807, 2.05) is 37.3 Å². The molecule has 0 aliphatic heterocycles. The lowest BCUT2D eigenvalue weighted by molar-refractivity contribution is -0.240. The number of esters is 1. The first-order chi connectivity index (χ1) is 10.6. The average Bonchev–Trinajstić information content (AvgIpc) is 2.57. The molecule has 0 spiro atoms. The maximum absolute atomic E-state index is 12.2. The first-order valence-corrected chi connectivity index (χ1v) is 7.55. The number of carbonyl (C=O) groups is 1. The second-order valence-corrected chi connectivity index (χ2v) is 5.21. The molecule has 0 radical (unpaired) electrons. The minimum absolute atomic E-state index is 0.0482. The Labute approximate surface area is 132 Å². The van der Waals surface area contributed by atoms with Crippen LogP contribution < -0.4 is 5.32 Å². The van der Waals surface area contributed by atoms with Gasteiger partial charge < -0.3 is 19.5 Å². The molecule has 5 heteroatoms. The number of rotatable bonds is 9. The molecule has 0 aliphatic rings. The van der Waals surface area contributed by atoms with Crippen molar-refractivity contribution in [3.63, 3.8) is 0 Å². The van der Waals surface area contributed by atoms with E-state index >= 15 is 0 Å². The van der Waals surface area contributed by atoms with Crippen LogP contribution in [0.5, 0.6) is 0 Å². The summed E-state index contributed by atoms with van der Waals surface area (Å²) in [5.41, 5.74) is 1.13. The van der Waals surface area contributed by atoms with Crippen molar-refractivity contribution in [1.82, 2.24) is 5.32 Å². The fourth-order valence-corrected chi connectivity index (χ4v) is 2.63. The average molecular weight is 309 g/mol. The summed E-state index contributed by atoms with van der Waals surface area (Å²) in [4.78, 5) is 12.2. The van der Waals surface area contributed by atoms with Gasteiger partial charge in [0.25, 0.3) is 5.79 Å². The maximum atomic E-state index is 12.2. The molecule has 1 rings (SSSR count). The minimum atomic E-state index is -1.45. The van der Waals surface area contributed by atoms with Gasteiger partial charge in [0.05, 0.1) is 13.2 Å². The predicted molar refractivity (Wildman–Crippen MR) is 85.5 cm³/mol. The Balaban J connectivity index is 3.02. The van der Waals surface area contributed by atoms with Crippen LogP contribution in [0.15, 0.2) is 30.3 Å². The highest BCUT2D eigenvalue weighted by Gasteiger charge is 2.48. The summed E-state index contributed by atoms with van der Waals surface area (Å²) in [7, 11) is 4.24. The Bertz CT molecular complexity index is 445. The van der Waals surface area contributed by atoms with Gasteiger partial charge in [-0.25, -0.2) is 4.79 Å². The van der Waals surface area contributed by atoms with Gasteiger partial charge in [0.15, 0.2) is 0 Å². The zero-order valence-electron chi connectivity index (χ0n) is 14.1. The normalized spacial score (nSPS) is 14.4. The van der Waals surface area contributed by atoms with Crippen LogP contribution in [0, 0.1) is 0 Å². The lowest BCUT2D eigenvalue weighted by atomic mass is 9.98. The molecule has 0 saturated carbocycles. The van der Waals surface area contributed by atoms with E-state index in [0.29, 0.717) is 6.42 Å². The van der Waals surface area contributed by atoms with Crippen LogP contribution in [-0.4, -0.2) is 39.1 Å². The van der Waals surface area contributed by atoms with Crippen molar-refractivity contribution in [2.24, 2.45) is 0 Å². The molecule has 1 aromatic carbocycles. The van der Waals surface area contributed by atoms with Crippen molar-refractivity contribution in [3.05, 3.63) is 35.9 Å². The van der Waals surface area contributed by atoms with Gasteiger partial charge in [-0.2, -0.15) is 0 Å². The number of methoxy groups -OCH3 is 3. The van der Waals surface area contributed by atoms with Crippen molar-refractivity contribution in [2.45, 2.75) is 44.6 Å². The van der Waals surface area contributed by atoms with Gasteiger partial charge in [-0.3, -0.25) is 0 Å². The first kappa shape index (κ1) is 18.6. The number of hydrogen-bond donors (Lipinski definition) is 1. The molecule has 0 aliphatic carbocycles. The lowest BCUT2D eigenvalue weighted by Crippen LogP contribution is -2.59. The van der Waals surface area contributed by atoms with Gasteiger partial charge in [-0.15, -0.1) is 0 Å². The molecule has 0 aromatic heterocycles. The summed E-state index contributed by atoms with van der Waals surface area (Å²) in [6, 6.07) is 9.76. The fraction of sp³-hybridized carbons (Fsp3) is 0.588. The molecule has 0 saturated heterocycles. The quantitative estimate of drug-likeness (QED) is 0.561. The molecular formula is C17H27NO4. The largest absolute Gasteiger partial charge is 0.465 e. The second kappa shape index (κ2) is 8.88. The topological polar surface area (TPSA) is 56.8 Å². The number of nitrogens with one attached hydrogen (secondary N) is 1. The maximum Gasteiger partial charge on any atom is 0.368 e. The summed E-state index contributed by atoms with van der Waals surface area (Å²) in [6.45, 7) is 4.10. The van der Waals surface area contributed by atoms with Crippen LogP contribution >= 0.6 is 0 Å². The van der Waals surface area contributed by atoms with Crippen LogP contribution in [0.2, 0.25) is 0 Å². The molecular weight excluding hydrogens is 282 g/mol. The zero-order chi connectivity index (χ0) is 16.6. The SMILES string of the molecule is CCCC(N[C@@H](C)c1ccccc1)C(OC)(OC)C(=O)OC. The van der Waals surface area contributed by atoms with E-state index < -0.39 is 11.8 Å². The molecule has 124 valence electrons. The zero-order valence-corrected chi connectivity index (χ0v) is 14.1. The van der Waals surface area contributed by atoms with E-state index in [1.54, 1.807) is 0 Å². The van der Waals surface area contributed by atoms with Gasteiger partial charge in [-0.1, -0.05) is 43.7 Å². The molecule has 0 amide bonds. The van der Waals surface area contributed by atoms with Crippen LogP contribution in [0.3, 0.4) is 0 Å². The third-order valence-corrected chi connectivity index (χ3v) is 3.86. The van der Waals surface area contributed by atoms with E-state index in [9.17, 15) is 4.79 Å². The van der Waals surface area contributed by atoms with E-state index in [4.69, 9.17) is 14.2 Å². The van der Waals surface area contributed by atoms with Crippen molar-refractivity contribution in [3.8, 4) is 0 Å². The number of ether oxygens (including phenoxy) is 3. The van der Waals surface area contributed by atoms with Crippen molar-refractivity contribution >= 4 is 5.97 Å². The Kier molecular flexibility index (Phi) is 7.51. The lowest BCUT2D eigenvalue weighted by Gasteiger charge is -2.37. The van der Waals surface area contributed by atoms with Gasteiger partial charge in [0.1, 0.15) is 0 Å². The molecule has 0 bridgehead atoms. The second-order valence-electron chi connectivity index (χ2n) is 5.21. The molecule has 0 heterocycles. The molecule has 1 unspecified atom stereocenters. The van der Waals surface area contributed by atoms with Crippen molar-refractivity contribution in [2.75, 3.05) is 21.3 Å². The fourth-order valence-electron chi connectivity index (χ4n) is 2.63. The molecule has 1 aromatic rings. The van der Waals surface area contributed by atoms with Crippen LogP contribution in [0.4, 0.5) is 0 Å². The number of carbonyl (C=O) groups excluding carboxylic acids is 1. The summed E-state index contributed by atoms with van der Waals surface area (Å²) in [6.07, 6.45) is 1.60. The highest BCUT2D eigenvalue weighted by Crippen LogP contribution is 2.25. The van der Waals surface area contributed by atoms with Gasteiger partial charge in [0, 0.05) is 20.3 Å². The number of benzene rings is 1. The molecule has 0 fully saturated rings. The van der Waals surface area contributed by atoms with E-state index in [1.165, 1.54) is 21.3 Å². The minimum Gasteiger partial charge on any atom is -0.465 e. The number of hydrogen-bond acceptors (Lipinski definition) is 5. The third-order valence-electron chi connectivity index (χ3n) is 3.86. The predicted octanol–water partition coefficient (Wildman–Crippen LogP) is 2.67. The van der Waals surface area contributed by atoms with Crippen LogP contribution in [0.25, 0.3) is 0 Å². The summed E-state index contributed by atoms with van der Waals surface area (Å²) in [5.74, 6) is -1.99. The third kappa shape index (κ3) is 4.06. The summed E-state index contributed by atoms with van der Waals surface area (Å²) in [5, 5.41) is 3.44. The van der Waals surface area contributed by atoms with Crippen molar-refractivity contribution < 1.29 is 19.0 Å². The van der Waals surface area contributed by atoms with Gasteiger partial charge >= 0.3 is 5.97 Å². The molecule has 1 N–H and O–H groups in total. The van der Waals surface area contributed by atoms with Gasteiger partial charge in [0.2, 0.25) is 0 Å². The molecule has 5 nitrogen and oxygen atoms in total. The van der Waals surface area contributed by atoms with E-state index in [-0.39, 0.29) is 12.1 Å². The summed E-state index contributed by atoms with van der Waals surface area (Å²) >= 11 is 0. The van der Waals surface area contributed by atoms with Crippen molar-refractivity contribution in [1.29, 1.82) is 0 Å².